The molecule has 0 spiro atoms. The van der Waals surface area contributed by atoms with Crippen LogP contribution in [0.4, 0.5) is 17.2 Å². The van der Waals surface area contributed by atoms with Crippen LogP contribution < -0.4 is 20.1 Å². The Morgan fingerprint density at radius 2 is 1.66 bits per heavy atom. The molecule has 3 aromatic rings. The van der Waals surface area contributed by atoms with Gasteiger partial charge >= 0.3 is 0 Å². The lowest BCUT2D eigenvalue weighted by molar-refractivity contribution is 0.102. The number of aryl methyl sites for hydroxylation is 3. The molecule has 2 N–H and O–H groups in total. The summed E-state index contributed by atoms with van der Waals surface area (Å²) in [6.45, 7) is 6.02. The summed E-state index contributed by atoms with van der Waals surface area (Å²) in [5.41, 5.74) is 5.27. The maximum Gasteiger partial charge on any atom is 0.255 e. The van der Waals surface area contributed by atoms with Gasteiger partial charge in [0.15, 0.2) is 0 Å². The molecule has 0 unspecified atom stereocenters. The second kappa shape index (κ2) is 8.65. The first kappa shape index (κ1) is 20.2. The largest absolute Gasteiger partial charge is 0.497 e. The van der Waals surface area contributed by atoms with Crippen molar-refractivity contribution in [2.24, 2.45) is 0 Å². The van der Waals surface area contributed by atoms with Gasteiger partial charge in [-0.2, -0.15) is 0 Å². The molecule has 0 aliphatic carbocycles. The number of benzene rings is 2. The highest BCUT2D eigenvalue weighted by atomic mass is 16.5. The first-order valence-corrected chi connectivity index (χ1v) is 9.25. The number of nitrogens with one attached hydrogen (secondary N) is 2. The van der Waals surface area contributed by atoms with E-state index in [-0.39, 0.29) is 5.91 Å². The first-order valence-electron chi connectivity index (χ1n) is 9.25. The van der Waals surface area contributed by atoms with Crippen molar-refractivity contribution in [1.82, 2.24) is 4.98 Å². The van der Waals surface area contributed by atoms with Crippen LogP contribution in [-0.2, 0) is 0 Å². The summed E-state index contributed by atoms with van der Waals surface area (Å²) in [4.78, 5) is 17.1. The lowest BCUT2D eigenvalue weighted by Gasteiger charge is -2.14. The normalized spacial score (nSPS) is 10.4. The van der Waals surface area contributed by atoms with E-state index >= 15 is 0 Å². The number of ether oxygens (including phenoxy) is 2. The van der Waals surface area contributed by atoms with Gasteiger partial charge in [-0.3, -0.25) is 4.79 Å². The Labute approximate surface area is 170 Å². The molecule has 29 heavy (non-hydrogen) atoms. The summed E-state index contributed by atoms with van der Waals surface area (Å²) in [7, 11) is 3.19. The van der Waals surface area contributed by atoms with Crippen molar-refractivity contribution < 1.29 is 14.3 Å². The molecule has 6 nitrogen and oxygen atoms in total. The van der Waals surface area contributed by atoms with Gasteiger partial charge < -0.3 is 20.1 Å². The zero-order chi connectivity index (χ0) is 21.0. The molecule has 0 aliphatic rings. The summed E-state index contributed by atoms with van der Waals surface area (Å²) in [5, 5.41) is 6.21. The minimum absolute atomic E-state index is 0.192. The van der Waals surface area contributed by atoms with E-state index in [9.17, 15) is 4.79 Å². The highest BCUT2D eigenvalue weighted by Gasteiger charge is 2.12. The number of carbonyl (C=O) groups excluding carboxylic acids is 1. The molecule has 1 amide bonds. The number of pyridine rings is 1. The van der Waals surface area contributed by atoms with Crippen LogP contribution >= 0.6 is 0 Å². The summed E-state index contributed by atoms with van der Waals surface area (Å²) in [6, 6.07) is 12.9. The minimum Gasteiger partial charge on any atom is -0.497 e. The molecule has 0 atom stereocenters. The second-order valence-electron chi connectivity index (χ2n) is 6.85. The number of rotatable bonds is 6. The fraction of sp³-hybridized carbons (Fsp3) is 0.217. The quantitative estimate of drug-likeness (QED) is 0.617. The van der Waals surface area contributed by atoms with Gasteiger partial charge in [0.1, 0.15) is 17.3 Å². The van der Waals surface area contributed by atoms with Crippen LogP contribution in [0.1, 0.15) is 27.0 Å². The highest BCUT2D eigenvalue weighted by molar-refractivity contribution is 6.05. The topological polar surface area (TPSA) is 72.5 Å². The average molecular weight is 391 g/mol. The Balaban J connectivity index is 1.84. The zero-order valence-corrected chi connectivity index (χ0v) is 17.3. The Morgan fingerprint density at radius 3 is 2.31 bits per heavy atom. The third-order valence-electron chi connectivity index (χ3n) is 4.61. The zero-order valence-electron chi connectivity index (χ0n) is 17.3. The van der Waals surface area contributed by atoms with Gasteiger partial charge in [0.25, 0.3) is 5.91 Å². The van der Waals surface area contributed by atoms with Crippen molar-refractivity contribution in [2.45, 2.75) is 20.8 Å². The summed E-state index contributed by atoms with van der Waals surface area (Å²) in [5.74, 6) is 1.67. The second-order valence-corrected chi connectivity index (χ2v) is 6.85. The van der Waals surface area contributed by atoms with Gasteiger partial charge in [-0.25, -0.2) is 4.98 Å². The average Bonchev–Trinajstić information content (AvgIpc) is 2.70. The van der Waals surface area contributed by atoms with Gasteiger partial charge in [0.05, 0.1) is 19.9 Å². The van der Waals surface area contributed by atoms with Crippen LogP contribution in [0.2, 0.25) is 0 Å². The number of aromatic nitrogens is 1. The van der Waals surface area contributed by atoms with Crippen LogP contribution in [0.15, 0.2) is 48.7 Å². The maximum atomic E-state index is 12.8. The lowest BCUT2D eigenvalue weighted by atomic mass is 10.0. The standard InChI is InChI=1S/C23H25N3O3/c1-14-10-15(2)22(16(3)11-14)26-23(27)17-8-9-24-21(12-17)25-19-13-18(28-4)6-7-20(19)29-5/h6-13H,1-5H3,(H,24,25)(H,26,27). The van der Waals surface area contributed by atoms with E-state index in [1.54, 1.807) is 38.6 Å². The summed E-state index contributed by atoms with van der Waals surface area (Å²) in [6.07, 6.45) is 1.60. The van der Waals surface area contributed by atoms with Gasteiger partial charge in [0, 0.05) is 23.5 Å². The predicted molar refractivity (Wildman–Crippen MR) is 116 cm³/mol. The van der Waals surface area contributed by atoms with E-state index in [2.05, 4.69) is 27.8 Å². The number of hydrogen-bond acceptors (Lipinski definition) is 5. The molecule has 150 valence electrons. The molecule has 3 rings (SSSR count). The van der Waals surface area contributed by atoms with E-state index in [1.165, 1.54) is 5.56 Å². The van der Waals surface area contributed by atoms with Crippen molar-refractivity contribution in [1.29, 1.82) is 0 Å². The molecule has 0 fully saturated rings. The van der Waals surface area contributed by atoms with E-state index in [0.717, 1.165) is 16.8 Å². The van der Waals surface area contributed by atoms with Crippen molar-refractivity contribution >= 4 is 23.1 Å². The summed E-state index contributed by atoms with van der Waals surface area (Å²) < 4.78 is 10.7. The third kappa shape index (κ3) is 4.66. The number of anilines is 3. The molecule has 0 bridgehead atoms. The molecule has 1 heterocycles. The number of nitrogens with zero attached hydrogens (tertiary/aromatic N) is 1. The smallest absolute Gasteiger partial charge is 0.255 e. The Hall–Kier alpha value is -3.54. The molecule has 1 aromatic heterocycles. The van der Waals surface area contributed by atoms with E-state index < -0.39 is 0 Å². The van der Waals surface area contributed by atoms with Crippen molar-refractivity contribution in [3.8, 4) is 11.5 Å². The molecule has 0 radical (unpaired) electrons. The van der Waals surface area contributed by atoms with Gasteiger partial charge in [-0.05, 0) is 56.2 Å². The summed E-state index contributed by atoms with van der Waals surface area (Å²) >= 11 is 0. The fourth-order valence-corrected chi connectivity index (χ4v) is 3.25. The Morgan fingerprint density at radius 1 is 0.931 bits per heavy atom. The lowest BCUT2D eigenvalue weighted by Crippen LogP contribution is -2.14. The fourth-order valence-electron chi connectivity index (χ4n) is 3.25. The molecular weight excluding hydrogens is 366 g/mol. The van der Waals surface area contributed by atoms with E-state index in [1.807, 2.05) is 32.9 Å². The number of methoxy groups -OCH3 is 2. The third-order valence-corrected chi connectivity index (χ3v) is 4.61. The first-order chi connectivity index (χ1) is 13.9. The van der Waals surface area contributed by atoms with E-state index in [4.69, 9.17) is 9.47 Å². The van der Waals surface area contributed by atoms with Crippen LogP contribution in [0.3, 0.4) is 0 Å². The number of carbonyl (C=O) groups is 1. The van der Waals surface area contributed by atoms with E-state index in [0.29, 0.717) is 28.6 Å². The highest BCUT2D eigenvalue weighted by Crippen LogP contribution is 2.31. The maximum absolute atomic E-state index is 12.8. The molecule has 6 heteroatoms. The molecular formula is C23H25N3O3. The van der Waals surface area contributed by atoms with Crippen molar-refractivity contribution in [2.75, 3.05) is 24.9 Å². The molecule has 0 aliphatic heterocycles. The molecule has 0 saturated carbocycles. The Kier molecular flexibility index (Phi) is 6.02. The van der Waals surface area contributed by atoms with Crippen molar-refractivity contribution in [3.05, 3.63) is 70.9 Å². The van der Waals surface area contributed by atoms with Crippen LogP contribution in [0.25, 0.3) is 0 Å². The molecule has 2 aromatic carbocycles. The van der Waals surface area contributed by atoms with Gasteiger partial charge in [-0.1, -0.05) is 17.7 Å². The number of hydrogen-bond donors (Lipinski definition) is 2. The Bertz CT molecular complexity index is 1020. The predicted octanol–water partition coefficient (Wildman–Crippen LogP) is 5.02. The minimum atomic E-state index is -0.192. The van der Waals surface area contributed by atoms with Crippen LogP contribution in [0.5, 0.6) is 11.5 Å². The van der Waals surface area contributed by atoms with Crippen LogP contribution in [-0.4, -0.2) is 25.1 Å². The van der Waals surface area contributed by atoms with Crippen molar-refractivity contribution in [3.63, 3.8) is 0 Å². The van der Waals surface area contributed by atoms with Gasteiger partial charge in [-0.15, -0.1) is 0 Å². The SMILES string of the molecule is COc1ccc(OC)c(Nc2cc(C(=O)Nc3c(C)cc(C)cc3C)ccn2)c1. The van der Waals surface area contributed by atoms with Gasteiger partial charge in [0.2, 0.25) is 0 Å². The molecule has 0 saturated heterocycles. The van der Waals surface area contributed by atoms with Crippen LogP contribution in [0, 0.1) is 20.8 Å². The number of amides is 1. The monoisotopic (exact) mass is 391 g/mol.